The Balaban J connectivity index is 1.51. The van der Waals surface area contributed by atoms with Gasteiger partial charge in [0.25, 0.3) is 0 Å². The van der Waals surface area contributed by atoms with Crippen LogP contribution in [-0.4, -0.2) is 16.2 Å². The van der Waals surface area contributed by atoms with Crippen molar-refractivity contribution in [2.75, 3.05) is 6.26 Å². The van der Waals surface area contributed by atoms with Gasteiger partial charge >= 0.3 is 0 Å². The van der Waals surface area contributed by atoms with Crippen molar-refractivity contribution in [3.05, 3.63) is 79.9 Å². The molecule has 31 heavy (non-hydrogen) atoms. The molecule has 0 radical (unpaired) electrons. The number of aromatic nitrogens is 2. The molecule has 7 heteroatoms. The molecule has 1 spiro atoms. The van der Waals surface area contributed by atoms with Crippen LogP contribution in [0.1, 0.15) is 40.8 Å². The van der Waals surface area contributed by atoms with E-state index in [2.05, 4.69) is 39.1 Å². The number of halogens is 2. The Morgan fingerprint density at radius 3 is 2.84 bits per heavy atom. The van der Waals surface area contributed by atoms with Gasteiger partial charge < -0.3 is 9.47 Å². The summed E-state index contributed by atoms with van der Waals surface area (Å²) < 4.78 is 13.7. The van der Waals surface area contributed by atoms with Crippen LogP contribution in [0.4, 0.5) is 0 Å². The largest absolute Gasteiger partial charge is 0.472 e. The molecular weight excluding hydrogens is 496 g/mol. The lowest BCUT2D eigenvalue weighted by Gasteiger charge is -2.42. The minimum atomic E-state index is -0.408. The van der Waals surface area contributed by atoms with Crippen molar-refractivity contribution in [1.29, 1.82) is 0 Å². The number of ether oxygens (including phenoxy) is 2. The summed E-state index contributed by atoms with van der Waals surface area (Å²) in [6.07, 6.45) is 5.65. The third-order valence-electron chi connectivity index (χ3n) is 6.04. The van der Waals surface area contributed by atoms with Crippen LogP contribution in [0.15, 0.2) is 52.1 Å². The second kappa shape index (κ2) is 8.74. The van der Waals surface area contributed by atoms with Crippen molar-refractivity contribution in [2.24, 2.45) is 0 Å². The molecule has 1 atom stereocenters. The van der Waals surface area contributed by atoms with Crippen molar-refractivity contribution >= 4 is 39.3 Å². The number of hydrogen-bond donors (Lipinski definition) is 0. The number of fused-ring (bicyclic) bond motifs is 3. The van der Waals surface area contributed by atoms with Crippen LogP contribution in [0.25, 0.3) is 0 Å². The highest BCUT2D eigenvalue weighted by atomic mass is 79.9. The van der Waals surface area contributed by atoms with E-state index in [1.165, 1.54) is 22.9 Å². The number of rotatable bonds is 4. The molecule has 1 aliphatic heterocycles. The molecule has 2 aliphatic rings. The van der Waals surface area contributed by atoms with E-state index in [0.717, 1.165) is 50.7 Å². The van der Waals surface area contributed by atoms with Gasteiger partial charge in [-0.15, -0.1) is 0 Å². The Bertz CT molecular complexity index is 1130. The Labute approximate surface area is 199 Å². The first kappa shape index (κ1) is 21.3. The lowest BCUT2D eigenvalue weighted by Crippen LogP contribution is -2.40. The van der Waals surface area contributed by atoms with Crippen molar-refractivity contribution < 1.29 is 9.47 Å². The Kier molecular flexibility index (Phi) is 5.99. The highest BCUT2D eigenvalue weighted by Gasteiger charge is 2.43. The van der Waals surface area contributed by atoms with E-state index >= 15 is 0 Å². The molecular formula is C24H22BrClN2O2S. The first-order valence-electron chi connectivity index (χ1n) is 10.3. The highest BCUT2D eigenvalue weighted by Crippen LogP contribution is 2.48. The molecule has 160 valence electrons. The number of benzene rings is 2. The monoisotopic (exact) mass is 516 g/mol. The predicted octanol–water partition coefficient (Wildman–Crippen LogP) is 6.50. The predicted molar refractivity (Wildman–Crippen MR) is 127 cm³/mol. The molecule has 3 aromatic rings. The van der Waals surface area contributed by atoms with Gasteiger partial charge in [0, 0.05) is 15.9 Å². The van der Waals surface area contributed by atoms with Crippen LogP contribution in [0.2, 0.25) is 5.02 Å². The van der Waals surface area contributed by atoms with E-state index in [-0.39, 0.29) is 0 Å². The second-order valence-electron chi connectivity index (χ2n) is 7.94. The number of nitrogens with zero attached hydrogens (tertiary/aromatic N) is 2. The van der Waals surface area contributed by atoms with Gasteiger partial charge in [0.05, 0.1) is 23.5 Å². The van der Waals surface area contributed by atoms with Gasteiger partial charge in [-0.2, -0.15) is 4.98 Å². The maximum absolute atomic E-state index is 6.59. The fourth-order valence-corrected chi connectivity index (χ4v) is 5.81. The van der Waals surface area contributed by atoms with Crippen LogP contribution >= 0.6 is 39.3 Å². The van der Waals surface area contributed by atoms with Crippen molar-refractivity contribution in [3.8, 4) is 5.88 Å². The minimum absolute atomic E-state index is 0.408. The summed E-state index contributed by atoms with van der Waals surface area (Å²) in [7, 11) is 0. The van der Waals surface area contributed by atoms with E-state index in [9.17, 15) is 0 Å². The number of hydrogen-bond acceptors (Lipinski definition) is 5. The van der Waals surface area contributed by atoms with Crippen molar-refractivity contribution in [3.63, 3.8) is 0 Å². The Morgan fingerprint density at radius 1 is 1.19 bits per heavy atom. The van der Waals surface area contributed by atoms with Crippen molar-refractivity contribution in [1.82, 2.24) is 9.97 Å². The summed E-state index contributed by atoms with van der Waals surface area (Å²) in [4.78, 5) is 9.51. The van der Waals surface area contributed by atoms with Crippen LogP contribution < -0.4 is 4.74 Å². The quantitative estimate of drug-likeness (QED) is 0.292. The first-order chi connectivity index (χ1) is 15.1. The molecule has 0 saturated carbocycles. The zero-order chi connectivity index (χ0) is 21.4. The van der Waals surface area contributed by atoms with Crippen LogP contribution in [0.5, 0.6) is 5.88 Å². The van der Waals surface area contributed by atoms with Crippen LogP contribution in [0.3, 0.4) is 0 Å². The summed E-state index contributed by atoms with van der Waals surface area (Å²) in [6.45, 7) is 0.895. The zero-order valence-electron chi connectivity index (χ0n) is 17.2. The zero-order valence-corrected chi connectivity index (χ0v) is 20.3. The Morgan fingerprint density at radius 2 is 2.03 bits per heavy atom. The molecule has 4 nitrogen and oxygen atoms in total. The van der Waals surface area contributed by atoms with E-state index < -0.39 is 5.60 Å². The van der Waals surface area contributed by atoms with Gasteiger partial charge in [-0.05, 0) is 54.3 Å². The van der Waals surface area contributed by atoms with Gasteiger partial charge in [0.2, 0.25) is 5.88 Å². The van der Waals surface area contributed by atoms with E-state index in [4.69, 9.17) is 26.1 Å². The third-order valence-corrected chi connectivity index (χ3v) is 7.38. The van der Waals surface area contributed by atoms with E-state index in [1.807, 2.05) is 30.5 Å². The molecule has 1 aromatic heterocycles. The molecule has 2 aromatic carbocycles. The molecule has 0 N–H and O–H groups in total. The summed E-state index contributed by atoms with van der Waals surface area (Å²) in [5.41, 5.74) is 5.04. The molecule has 2 heterocycles. The molecule has 0 fully saturated rings. The normalized spacial score (nSPS) is 19.7. The lowest BCUT2D eigenvalue weighted by molar-refractivity contribution is -0.0867. The fourth-order valence-electron chi connectivity index (χ4n) is 4.53. The number of thioether (sulfide) groups is 1. The maximum Gasteiger partial charge on any atom is 0.223 e. The molecule has 1 unspecified atom stereocenters. The van der Waals surface area contributed by atoms with Gasteiger partial charge in [0.1, 0.15) is 6.61 Å². The maximum atomic E-state index is 6.59. The van der Waals surface area contributed by atoms with Gasteiger partial charge in [-0.3, -0.25) is 0 Å². The topological polar surface area (TPSA) is 44.2 Å². The fraction of sp³-hybridized carbons (Fsp3) is 0.333. The second-order valence-corrected chi connectivity index (χ2v) is 10.0. The molecule has 0 saturated heterocycles. The average molecular weight is 518 g/mol. The minimum Gasteiger partial charge on any atom is -0.472 e. The lowest BCUT2D eigenvalue weighted by atomic mass is 9.75. The van der Waals surface area contributed by atoms with Crippen molar-refractivity contribution in [2.45, 2.75) is 49.7 Å². The molecule has 0 bridgehead atoms. The van der Waals surface area contributed by atoms with E-state index in [0.29, 0.717) is 25.5 Å². The highest BCUT2D eigenvalue weighted by molar-refractivity contribution is 9.10. The summed E-state index contributed by atoms with van der Waals surface area (Å²) in [6, 6.07) is 14.3. The van der Waals surface area contributed by atoms with E-state index in [1.54, 1.807) is 0 Å². The first-order valence-corrected chi connectivity index (χ1v) is 12.7. The standard InChI is InChI=1S/C24H22BrClN2O2S/c1-31-23-27-21-12-24(9-5-8-17-19(24)10-16(25)11-20(17)26)30-14-18(21)22(28-23)29-13-15-6-3-2-4-7-15/h2-4,6-7,10-11H,5,8-9,12-14H2,1H3. The SMILES string of the molecule is CSc1nc2c(c(OCc3ccccc3)n1)COC1(CCCc3c(Cl)cc(Br)cc31)C2. The summed E-state index contributed by atoms with van der Waals surface area (Å²) >= 11 is 11.7. The van der Waals surface area contributed by atoms with Crippen LogP contribution in [-0.2, 0) is 36.4 Å². The van der Waals surface area contributed by atoms with Gasteiger partial charge in [-0.25, -0.2) is 4.98 Å². The Hall–Kier alpha value is -1.60. The molecule has 0 amide bonds. The summed E-state index contributed by atoms with van der Waals surface area (Å²) in [5, 5.41) is 1.53. The summed E-state index contributed by atoms with van der Waals surface area (Å²) in [5.74, 6) is 0.622. The van der Waals surface area contributed by atoms with Crippen LogP contribution in [0, 0.1) is 0 Å². The smallest absolute Gasteiger partial charge is 0.223 e. The third kappa shape index (κ3) is 4.11. The molecule has 1 aliphatic carbocycles. The average Bonchev–Trinajstić information content (AvgIpc) is 2.78. The molecule has 5 rings (SSSR count). The van der Waals surface area contributed by atoms with Gasteiger partial charge in [0.15, 0.2) is 5.16 Å². The van der Waals surface area contributed by atoms with Gasteiger partial charge in [-0.1, -0.05) is 69.6 Å².